The van der Waals surface area contributed by atoms with Crippen LogP contribution in [0.5, 0.6) is 5.75 Å². The van der Waals surface area contributed by atoms with Crippen LogP contribution in [0.15, 0.2) is 48.5 Å². The van der Waals surface area contributed by atoms with Crippen molar-refractivity contribution in [3.63, 3.8) is 0 Å². The molecule has 1 atom stereocenters. The van der Waals surface area contributed by atoms with Crippen LogP contribution in [-0.2, 0) is 0 Å². The zero-order valence-corrected chi connectivity index (χ0v) is 16.9. The summed E-state index contributed by atoms with van der Waals surface area (Å²) in [5, 5.41) is 13.9. The predicted molar refractivity (Wildman–Crippen MR) is 119 cm³/mol. The normalized spacial score (nSPS) is 12.3. The van der Waals surface area contributed by atoms with E-state index in [2.05, 4.69) is 75.2 Å². The summed E-state index contributed by atoms with van der Waals surface area (Å²) >= 11 is 0. The lowest BCUT2D eigenvalue weighted by atomic mass is 9.87. The lowest BCUT2D eigenvalue weighted by molar-refractivity contribution is 0.170. The topological polar surface area (TPSA) is 35.5 Å². The van der Waals surface area contributed by atoms with Gasteiger partial charge < -0.3 is 10.4 Å². The van der Waals surface area contributed by atoms with Crippen LogP contribution in [-0.4, -0.2) is 35.2 Å². The van der Waals surface area contributed by atoms with Gasteiger partial charge in [-0.2, -0.15) is 0 Å². The summed E-state index contributed by atoms with van der Waals surface area (Å²) < 4.78 is 0. The minimum atomic E-state index is 0. The van der Waals surface area contributed by atoms with Crippen LogP contribution in [0.3, 0.4) is 0 Å². The Morgan fingerprint density at radius 3 is 2.15 bits per heavy atom. The third kappa shape index (κ3) is 6.28. The van der Waals surface area contributed by atoms with E-state index in [1.165, 1.54) is 5.56 Å². The molecule has 2 rings (SSSR count). The van der Waals surface area contributed by atoms with Gasteiger partial charge in [-0.3, -0.25) is 4.90 Å². The van der Waals surface area contributed by atoms with Gasteiger partial charge in [0.15, 0.2) is 0 Å². The van der Waals surface area contributed by atoms with E-state index in [0.717, 1.165) is 30.8 Å². The van der Waals surface area contributed by atoms with E-state index in [4.69, 9.17) is 0 Å². The molecule has 0 amide bonds. The first-order valence-corrected chi connectivity index (χ1v) is 9.81. The number of benzene rings is 2. The summed E-state index contributed by atoms with van der Waals surface area (Å²) in [4.78, 5) is 2.52. The van der Waals surface area contributed by atoms with E-state index in [1.807, 2.05) is 18.2 Å². The predicted octanol–water partition coefficient (Wildman–Crippen LogP) is 6.10. The van der Waals surface area contributed by atoms with Gasteiger partial charge in [-0.25, -0.2) is 0 Å². The van der Waals surface area contributed by atoms with Gasteiger partial charge in [-0.15, -0.1) is 0 Å². The highest BCUT2D eigenvalue weighted by molar-refractivity contribution is 5.53. The molecule has 0 aliphatic heterocycles. The Morgan fingerprint density at radius 1 is 0.963 bits per heavy atom. The molecule has 0 aliphatic rings. The molecule has 3 nitrogen and oxygen atoms in total. The van der Waals surface area contributed by atoms with Gasteiger partial charge in [0.1, 0.15) is 5.75 Å². The lowest BCUT2D eigenvalue weighted by Gasteiger charge is -2.32. The highest BCUT2D eigenvalue weighted by atomic mass is 16.3. The Balaban J connectivity index is 0.00000364. The van der Waals surface area contributed by atoms with E-state index < -0.39 is 0 Å². The second-order valence-corrected chi connectivity index (χ2v) is 7.48. The first-order valence-electron chi connectivity index (χ1n) is 9.81. The Bertz CT molecular complexity index is 659. The van der Waals surface area contributed by atoms with Crippen LogP contribution in [0, 0.1) is 0 Å². The minimum absolute atomic E-state index is 0. The number of aromatic hydroxyl groups is 1. The summed E-state index contributed by atoms with van der Waals surface area (Å²) in [5.74, 6) is 0.552. The zero-order valence-electron chi connectivity index (χ0n) is 16.9. The first kappa shape index (κ1) is 23.0. The van der Waals surface area contributed by atoms with Crippen molar-refractivity contribution in [2.45, 2.75) is 66.5 Å². The van der Waals surface area contributed by atoms with E-state index in [1.54, 1.807) is 0 Å². The molecule has 0 aliphatic carbocycles. The lowest BCUT2D eigenvalue weighted by Crippen LogP contribution is -2.38. The third-order valence-electron chi connectivity index (χ3n) is 4.99. The quantitative estimate of drug-likeness (QED) is 0.523. The van der Waals surface area contributed by atoms with Gasteiger partial charge in [-0.1, -0.05) is 37.8 Å². The molecule has 0 spiro atoms. The molecule has 0 aromatic heterocycles. The summed E-state index contributed by atoms with van der Waals surface area (Å²) in [6, 6.07) is 17.4. The maximum Gasteiger partial charge on any atom is 0.119 e. The van der Waals surface area contributed by atoms with E-state index in [9.17, 15) is 5.11 Å². The highest BCUT2D eigenvalue weighted by Gasteiger charge is 2.21. The first-order chi connectivity index (χ1) is 12.4. The maximum atomic E-state index is 10.6. The molecule has 0 saturated heterocycles. The number of phenols is 1. The Morgan fingerprint density at radius 2 is 1.59 bits per heavy atom. The number of nitrogens with one attached hydrogen (secondary N) is 1. The summed E-state index contributed by atoms with van der Waals surface area (Å²) in [6.45, 7) is 13.0. The molecule has 0 bridgehead atoms. The number of rotatable bonds is 9. The van der Waals surface area contributed by atoms with Crippen molar-refractivity contribution < 1.29 is 5.11 Å². The highest BCUT2D eigenvalue weighted by Crippen LogP contribution is 2.36. The van der Waals surface area contributed by atoms with Gasteiger partial charge in [0.05, 0.1) is 0 Å². The van der Waals surface area contributed by atoms with Crippen LogP contribution < -0.4 is 5.32 Å². The summed E-state index contributed by atoms with van der Waals surface area (Å²) in [5.41, 5.74) is 3.32. The molecule has 0 radical (unpaired) electrons. The molecular weight excluding hydrogens is 332 g/mol. The minimum Gasteiger partial charge on any atom is -0.508 e. The van der Waals surface area contributed by atoms with E-state index in [-0.39, 0.29) is 13.3 Å². The van der Waals surface area contributed by atoms with Gasteiger partial charge in [0.25, 0.3) is 0 Å². The molecule has 0 fully saturated rings. The van der Waals surface area contributed by atoms with Crippen LogP contribution >= 0.6 is 0 Å². The fourth-order valence-electron chi connectivity index (χ4n) is 3.73. The average molecular weight is 371 g/mol. The molecule has 3 heteroatoms. The van der Waals surface area contributed by atoms with Crippen molar-refractivity contribution in [3.05, 3.63) is 59.7 Å². The van der Waals surface area contributed by atoms with Gasteiger partial charge in [0.2, 0.25) is 0 Å². The molecule has 0 heterocycles. The molecule has 1 unspecified atom stereocenters. The summed E-state index contributed by atoms with van der Waals surface area (Å²) in [7, 11) is 0. The standard InChI is InChI=1S/C23H34N2O.CH4/c1-6-24-20-12-13-23(26)22(16-20)21(19-10-8-7-9-11-19)14-15-25(17(2)3)18(4)5;/h7-13,16-18,21,24,26H,6,14-15H2,1-5H3;1H4. The number of hydrogen-bond acceptors (Lipinski definition) is 3. The van der Waals surface area contributed by atoms with Gasteiger partial charge >= 0.3 is 0 Å². The van der Waals surface area contributed by atoms with Crippen LogP contribution in [0.4, 0.5) is 5.69 Å². The Kier molecular flexibility index (Phi) is 9.37. The number of anilines is 1. The maximum absolute atomic E-state index is 10.6. The number of phenolic OH excluding ortho intramolecular Hbond substituents is 1. The largest absolute Gasteiger partial charge is 0.508 e. The molecule has 150 valence electrons. The monoisotopic (exact) mass is 370 g/mol. The number of nitrogens with zero attached hydrogens (tertiary/aromatic N) is 1. The van der Waals surface area contributed by atoms with Gasteiger partial charge in [0, 0.05) is 35.8 Å². The summed E-state index contributed by atoms with van der Waals surface area (Å²) in [6.07, 6.45) is 0.976. The molecular formula is C24H38N2O. The molecule has 2 N–H and O–H groups in total. The van der Waals surface area contributed by atoms with Crippen LogP contribution in [0.1, 0.15) is 65.5 Å². The van der Waals surface area contributed by atoms with Crippen molar-refractivity contribution in [1.29, 1.82) is 0 Å². The van der Waals surface area contributed by atoms with E-state index in [0.29, 0.717) is 17.8 Å². The van der Waals surface area contributed by atoms with Crippen molar-refractivity contribution in [2.75, 3.05) is 18.4 Å². The molecule has 2 aromatic rings. The second-order valence-electron chi connectivity index (χ2n) is 7.48. The van der Waals surface area contributed by atoms with E-state index >= 15 is 0 Å². The SMILES string of the molecule is C.CCNc1ccc(O)c(C(CCN(C(C)C)C(C)C)c2ccccc2)c1. The average Bonchev–Trinajstić information content (AvgIpc) is 2.61. The number of hydrogen-bond donors (Lipinski definition) is 2. The van der Waals surface area contributed by atoms with Crippen LogP contribution in [0.2, 0.25) is 0 Å². The smallest absolute Gasteiger partial charge is 0.119 e. The van der Waals surface area contributed by atoms with Crippen molar-refractivity contribution >= 4 is 5.69 Å². The fourth-order valence-corrected chi connectivity index (χ4v) is 3.73. The second kappa shape index (κ2) is 11.0. The molecule has 2 aromatic carbocycles. The van der Waals surface area contributed by atoms with Gasteiger partial charge in [-0.05, 0) is 71.3 Å². The zero-order chi connectivity index (χ0) is 19.1. The van der Waals surface area contributed by atoms with Crippen molar-refractivity contribution in [3.8, 4) is 5.75 Å². The van der Waals surface area contributed by atoms with Crippen molar-refractivity contribution in [2.24, 2.45) is 0 Å². The Hall–Kier alpha value is -2.00. The van der Waals surface area contributed by atoms with Crippen LogP contribution in [0.25, 0.3) is 0 Å². The Labute approximate surface area is 166 Å². The third-order valence-corrected chi connectivity index (χ3v) is 4.99. The molecule has 0 saturated carbocycles. The van der Waals surface area contributed by atoms with Crippen molar-refractivity contribution in [1.82, 2.24) is 4.90 Å². The molecule has 27 heavy (non-hydrogen) atoms. The fraction of sp³-hybridized carbons (Fsp3) is 0.500.